The minimum absolute atomic E-state index is 0.317. The average Bonchev–Trinajstić information content (AvgIpc) is 2.69. The summed E-state index contributed by atoms with van der Waals surface area (Å²) in [5.41, 5.74) is -0.481. The van der Waals surface area contributed by atoms with Gasteiger partial charge in [-0.1, -0.05) is 0 Å². The van der Waals surface area contributed by atoms with Crippen molar-refractivity contribution >= 4 is 0 Å². The third-order valence-electron chi connectivity index (χ3n) is 2.95. The molecule has 0 aliphatic carbocycles. The summed E-state index contributed by atoms with van der Waals surface area (Å²) >= 11 is 0. The Kier molecular flexibility index (Phi) is 4.72. The summed E-state index contributed by atoms with van der Waals surface area (Å²) in [6.07, 6.45) is 1.07. The van der Waals surface area contributed by atoms with Gasteiger partial charge >= 0.3 is 0 Å². The Morgan fingerprint density at radius 1 is 1.62 bits per heavy atom. The smallest absolute Gasteiger partial charge is 0.116 e. The molecule has 4 heteroatoms. The summed E-state index contributed by atoms with van der Waals surface area (Å²) in [5, 5.41) is 12.6. The highest BCUT2D eigenvalue weighted by Gasteiger charge is 2.30. The zero-order chi connectivity index (χ0) is 12.2. The highest BCUT2D eigenvalue weighted by Crippen LogP contribution is 2.14. The zero-order valence-corrected chi connectivity index (χ0v) is 10.8. The van der Waals surface area contributed by atoms with Crippen molar-refractivity contribution in [1.82, 2.24) is 10.2 Å². The molecule has 1 aliphatic heterocycles. The predicted molar refractivity (Wildman–Crippen MR) is 64.1 cm³/mol. The first kappa shape index (κ1) is 13.4. The molecule has 0 aromatic carbocycles. The molecule has 1 fully saturated rings. The topological polar surface area (TPSA) is 48.3 Å². The third-order valence-corrected chi connectivity index (χ3v) is 2.95. The fourth-order valence-corrected chi connectivity index (χ4v) is 2.25. The Hall–Kier alpha value is -0.630. The van der Waals surface area contributed by atoms with E-state index in [1.807, 2.05) is 6.92 Å². The average molecular weight is 225 g/mol. The van der Waals surface area contributed by atoms with E-state index in [0.717, 1.165) is 26.2 Å². The molecule has 0 radical (unpaired) electrons. The molecule has 1 N–H and O–H groups in total. The van der Waals surface area contributed by atoms with Gasteiger partial charge in [-0.05, 0) is 34.2 Å². The Morgan fingerprint density at radius 3 is 2.75 bits per heavy atom. The molecular formula is C12H23N3O. The molecule has 1 aliphatic rings. The van der Waals surface area contributed by atoms with E-state index < -0.39 is 5.54 Å². The van der Waals surface area contributed by atoms with E-state index in [-0.39, 0.29) is 0 Å². The Bertz CT molecular complexity index is 255. The van der Waals surface area contributed by atoms with Gasteiger partial charge in [-0.2, -0.15) is 5.26 Å². The number of hydrogen-bond acceptors (Lipinski definition) is 4. The van der Waals surface area contributed by atoms with Crippen LogP contribution in [0.1, 0.15) is 27.2 Å². The molecule has 0 bridgehead atoms. The minimum atomic E-state index is -0.481. The van der Waals surface area contributed by atoms with Gasteiger partial charge in [-0.25, -0.2) is 0 Å². The van der Waals surface area contributed by atoms with Crippen LogP contribution in [0.4, 0.5) is 0 Å². The van der Waals surface area contributed by atoms with Gasteiger partial charge in [0.1, 0.15) is 5.54 Å². The first-order valence-corrected chi connectivity index (χ1v) is 5.94. The number of hydrogen-bond donors (Lipinski definition) is 1. The summed E-state index contributed by atoms with van der Waals surface area (Å²) in [6.45, 7) is 8.45. The maximum atomic E-state index is 9.26. The molecule has 92 valence electrons. The summed E-state index contributed by atoms with van der Waals surface area (Å²) in [5.74, 6) is 0. The monoisotopic (exact) mass is 225 g/mol. The van der Waals surface area contributed by atoms with Crippen molar-refractivity contribution < 1.29 is 4.74 Å². The molecule has 0 aromatic heterocycles. The van der Waals surface area contributed by atoms with Crippen LogP contribution in [0.2, 0.25) is 0 Å². The van der Waals surface area contributed by atoms with Gasteiger partial charge in [0.2, 0.25) is 0 Å². The molecule has 0 amide bonds. The molecule has 2 atom stereocenters. The third kappa shape index (κ3) is 3.75. The Balaban J connectivity index is 2.51. The van der Waals surface area contributed by atoms with E-state index in [1.54, 1.807) is 0 Å². The fraction of sp³-hybridized carbons (Fsp3) is 0.917. The number of nitriles is 1. The Labute approximate surface area is 98.6 Å². The molecular weight excluding hydrogens is 202 g/mol. The van der Waals surface area contributed by atoms with Gasteiger partial charge in [-0.15, -0.1) is 0 Å². The van der Waals surface area contributed by atoms with Crippen LogP contribution in [0.15, 0.2) is 0 Å². The second-order valence-corrected chi connectivity index (χ2v) is 5.18. The molecule has 4 nitrogen and oxygen atoms in total. The zero-order valence-electron chi connectivity index (χ0n) is 10.8. The van der Waals surface area contributed by atoms with Gasteiger partial charge in [0.05, 0.1) is 12.7 Å². The lowest BCUT2D eigenvalue weighted by atomic mass is 10.0. The summed E-state index contributed by atoms with van der Waals surface area (Å²) in [4.78, 5) is 2.23. The van der Waals surface area contributed by atoms with Crippen LogP contribution in [0.25, 0.3) is 0 Å². The lowest BCUT2D eigenvalue weighted by Crippen LogP contribution is -2.54. The number of nitrogens with zero attached hydrogens (tertiary/aromatic N) is 2. The molecule has 1 rings (SSSR count). The highest BCUT2D eigenvalue weighted by atomic mass is 16.5. The van der Waals surface area contributed by atoms with E-state index in [9.17, 15) is 5.26 Å². The first-order valence-electron chi connectivity index (χ1n) is 5.94. The fourth-order valence-electron chi connectivity index (χ4n) is 2.25. The molecule has 1 heterocycles. The maximum absolute atomic E-state index is 9.26. The van der Waals surface area contributed by atoms with E-state index in [2.05, 4.69) is 37.2 Å². The quantitative estimate of drug-likeness (QED) is 0.758. The maximum Gasteiger partial charge on any atom is 0.116 e. The van der Waals surface area contributed by atoms with Crippen molar-refractivity contribution in [2.24, 2.45) is 0 Å². The van der Waals surface area contributed by atoms with Crippen molar-refractivity contribution in [2.75, 3.05) is 26.8 Å². The highest BCUT2D eigenvalue weighted by molar-refractivity contribution is 5.06. The number of likely N-dealkylation sites (N-methyl/N-ethyl adjacent to an activating group) is 1. The molecule has 0 aromatic rings. The van der Waals surface area contributed by atoms with E-state index in [4.69, 9.17) is 4.74 Å². The Morgan fingerprint density at radius 2 is 2.31 bits per heavy atom. The van der Waals surface area contributed by atoms with Crippen LogP contribution in [-0.2, 0) is 4.74 Å². The van der Waals surface area contributed by atoms with Crippen LogP contribution in [-0.4, -0.2) is 49.3 Å². The molecule has 0 spiro atoms. The van der Waals surface area contributed by atoms with Crippen LogP contribution in [0.3, 0.4) is 0 Å². The lowest BCUT2D eigenvalue weighted by molar-refractivity contribution is 0.145. The molecule has 16 heavy (non-hydrogen) atoms. The lowest BCUT2D eigenvalue weighted by Gasteiger charge is -2.33. The predicted octanol–water partition coefficient (Wildman–Crippen LogP) is 0.987. The standard InChI is InChI=1S/C12H23N3O/c1-10(2)14-12(3,8-13)9-15(4)11-5-6-16-7-11/h10-11,14H,5-7,9H2,1-4H3. The second-order valence-electron chi connectivity index (χ2n) is 5.18. The summed E-state index contributed by atoms with van der Waals surface area (Å²) in [7, 11) is 2.07. The van der Waals surface area contributed by atoms with Crippen molar-refractivity contribution in [3.05, 3.63) is 0 Å². The summed E-state index contributed by atoms with van der Waals surface area (Å²) < 4.78 is 5.36. The minimum Gasteiger partial charge on any atom is -0.380 e. The molecule has 2 unspecified atom stereocenters. The number of nitrogens with one attached hydrogen (secondary N) is 1. The van der Waals surface area contributed by atoms with Crippen molar-refractivity contribution in [2.45, 2.75) is 44.8 Å². The number of rotatable bonds is 5. The van der Waals surface area contributed by atoms with Crippen molar-refractivity contribution in [3.8, 4) is 6.07 Å². The van der Waals surface area contributed by atoms with Crippen LogP contribution < -0.4 is 5.32 Å². The van der Waals surface area contributed by atoms with E-state index in [0.29, 0.717) is 12.1 Å². The van der Waals surface area contributed by atoms with Crippen molar-refractivity contribution in [1.29, 1.82) is 5.26 Å². The van der Waals surface area contributed by atoms with E-state index in [1.165, 1.54) is 0 Å². The second kappa shape index (κ2) is 5.62. The summed E-state index contributed by atoms with van der Waals surface area (Å²) in [6, 6.07) is 3.15. The van der Waals surface area contributed by atoms with Gasteiger partial charge in [0.25, 0.3) is 0 Å². The first-order chi connectivity index (χ1) is 7.47. The van der Waals surface area contributed by atoms with Gasteiger partial charge in [0.15, 0.2) is 0 Å². The van der Waals surface area contributed by atoms with Gasteiger partial charge in [0, 0.05) is 25.2 Å². The normalized spacial score (nSPS) is 24.7. The van der Waals surface area contributed by atoms with Crippen LogP contribution >= 0.6 is 0 Å². The van der Waals surface area contributed by atoms with E-state index >= 15 is 0 Å². The van der Waals surface area contributed by atoms with Gasteiger partial charge < -0.3 is 4.74 Å². The SMILES string of the molecule is CC(C)NC(C)(C#N)CN(C)C1CCOC1. The van der Waals surface area contributed by atoms with Crippen molar-refractivity contribution in [3.63, 3.8) is 0 Å². The van der Waals surface area contributed by atoms with Crippen LogP contribution in [0.5, 0.6) is 0 Å². The molecule has 1 saturated heterocycles. The van der Waals surface area contributed by atoms with Crippen LogP contribution in [0, 0.1) is 11.3 Å². The number of ether oxygens (including phenoxy) is 1. The largest absolute Gasteiger partial charge is 0.380 e. The van der Waals surface area contributed by atoms with Gasteiger partial charge in [-0.3, -0.25) is 10.2 Å². The molecule has 0 saturated carbocycles.